The molecule has 0 saturated carbocycles. The van der Waals surface area contributed by atoms with Crippen molar-refractivity contribution in [3.05, 3.63) is 65.7 Å². The Morgan fingerprint density at radius 3 is 2.59 bits per heavy atom. The van der Waals surface area contributed by atoms with Crippen molar-refractivity contribution in [2.24, 2.45) is 0 Å². The van der Waals surface area contributed by atoms with Gasteiger partial charge in [-0.3, -0.25) is 4.79 Å². The van der Waals surface area contributed by atoms with Gasteiger partial charge in [-0.1, -0.05) is 54.5 Å². The van der Waals surface area contributed by atoms with Crippen molar-refractivity contribution in [3.63, 3.8) is 0 Å². The molecule has 0 fully saturated rings. The van der Waals surface area contributed by atoms with Gasteiger partial charge in [-0.05, 0) is 11.6 Å². The number of carbonyl (C=O) groups excluding carboxylic acids is 1. The summed E-state index contributed by atoms with van der Waals surface area (Å²) in [6.07, 6.45) is 3.98. The number of hydrogen-bond donors (Lipinski definition) is 2. The molecule has 0 aliphatic carbocycles. The molecular formula is C18H17NO3. The lowest BCUT2D eigenvalue weighted by atomic mass is 10.1. The molecule has 1 atom stereocenters. The lowest BCUT2D eigenvalue weighted by molar-refractivity contribution is -0.129. The zero-order chi connectivity index (χ0) is 15.8. The fraction of sp³-hybridized carbons (Fsp3) is 0.167. The standard InChI is InChI=1S/C18H17NO3/c1-2-12-22-16-11-7-6-10-15(16)13-19-18(21)17(20)14-8-4-3-5-9-14/h1,3-11,17,20H,12-13H2,(H,19,21)/t17-/m1/s1. The molecule has 2 rings (SSSR count). The predicted octanol–water partition coefficient (Wildman–Crippen LogP) is 2.05. The number of para-hydroxylation sites is 1. The number of nitrogens with one attached hydrogen (secondary N) is 1. The van der Waals surface area contributed by atoms with Gasteiger partial charge in [-0.2, -0.15) is 0 Å². The molecule has 2 aromatic rings. The summed E-state index contributed by atoms with van der Waals surface area (Å²) in [7, 11) is 0. The van der Waals surface area contributed by atoms with Gasteiger partial charge in [0.2, 0.25) is 0 Å². The van der Waals surface area contributed by atoms with Crippen molar-refractivity contribution in [2.75, 3.05) is 6.61 Å². The van der Waals surface area contributed by atoms with E-state index in [0.29, 0.717) is 11.3 Å². The molecule has 0 heterocycles. The number of hydrogen-bond acceptors (Lipinski definition) is 3. The maximum Gasteiger partial charge on any atom is 0.253 e. The highest BCUT2D eigenvalue weighted by Gasteiger charge is 2.16. The highest BCUT2D eigenvalue weighted by molar-refractivity contribution is 5.81. The Balaban J connectivity index is 1.98. The number of terminal acetylenes is 1. The molecule has 0 spiro atoms. The maximum absolute atomic E-state index is 12.0. The van der Waals surface area contributed by atoms with Crippen LogP contribution in [0.15, 0.2) is 54.6 Å². The van der Waals surface area contributed by atoms with Gasteiger partial charge in [0.1, 0.15) is 12.4 Å². The Hall–Kier alpha value is -2.77. The second-order valence-electron chi connectivity index (χ2n) is 4.63. The molecule has 0 aliphatic rings. The van der Waals surface area contributed by atoms with Gasteiger partial charge in [0, 0.05) is 12.1 Å². The summed E-state index contributed by atoms with van der Waals surface area (Å²) in [5.74, 6) is 2.56. The zero-order valence-electron chi connectivity index (χ0n) is 12.0. The Morgan fingerprint density at radius 1 is 1.18 bits per heavy atom. The van der Waals surface area contributed by atoms with E-state index in [1.165, 1.54) is 0 Å². The minimum Gasteiger partial charge on any atom is -0.481 e. The Kier molecular flexibility index (Phi) is 5.58. The molecule has 2 N–H and O–H groups in total. The first kappa shape index (κ1) is 15.6. The summed E-state index contributed by atoms with van der Waals surface area (Å²) in [4.78, 5) is 12.0. The maximum atomic E-state index is 12.0. The predicted molar refractivity (Wildman–Crippen MR) is 84.0 cm³/mol. The SMILES string of the molecule is C#CCOc1ccccc1CNC(=O)[C@H](O)c1ccccc1. The van der Waals surface area contributed by atoms with Gasteiger partial charge in [-0.15, -0.1) is 6.42 Å². The minimum atomic E-state index is -1.19. The van der Waals surface area contributed by atoms with E-state index >= 15 is 0 Å². The van der Waals surface area contributed by atoms with E-state index in [-0.39, 0.29) is 13.2 Å². The van der Waals surface area contributed by atoms with Crippen molar-refractivity contribution < 1.29 is 14.6 Å². The number of aliphatic hydroxyl groups is 1. The van der Waals surface area contributed by atoms with Crippen LogP contribution in [0.25, 0.3) is 0 Å². The summed E-state index contributed by atoms with van der Waals surface area (Å²) in [6.45, 7) is 0.418. The second kappa shape index (κ2) is 7.87. The average molecular weight is 295 g/mol. The van der Waals surface area contributed by atoms with E-state index in [9.17, 15) is 9.90 Å². The molecule has 1 amide bonds. The summed E-state index contributed by atoms with van der Waals surface area (Å²) in [6, 6.07) is 16.1. The van der Waals surface area contributed by atoms with Gasteiger partial charge >= 0.3 is 0 Å². The lowest BCUT2D eigenvalue weighted by Crippen LogP contribution is -2.29. The molecule has 0 radical (unpaired) electrons. The molecule has 22 heavy (non-hydrogen) atoms. The number of ether oxygens (including phenoxy) is 1. The molecule has 0 bridgehead atoms. The quantitative estimate of drug-likeness (QED) is 0.802. The van der Waals surface area contributed by atoms with Crippen molar-refractivity contribution in [2.45, 2.75) is 12.6 Å². The minimum absolute atomic E-state index is 0.164. The molecule has 4 nitrogen and oxygen atoms in total. The van der Waals surface area contributed by atoms with Gasteiger partial charge in [0.25, 0.3) is 5.91 Å². The van der Waals surface area contributed by atoms with Gasteiger partial charge < -0.3 is 15.2 Å². The highest BCUT2D eigenvalue weighted by atomic mass is 16.5. The van der Waals surface area contributed by atoms with Crippen LogP contribution in [0.1, 0.15) is 17.2 Å². The molecule has 0 unspecified atom stereocenters. The smallest absolute Gasteiger partial charge is 0.253 e. The summed E-state index contributed by atoms with van der Waals surface area (Å²) >= 11 is 0. The Morgan fingerprint density at radius 2 is 1.86 bits per heavy atom. The van der Waals surface area contributed by atoms with E-state index in [2.05, 4.69) is 11.2 Å². The van der Waals surface area contributed by atoms with E-state index in [1.54, 1.807) is 30.3 Å². The monoisotopic (exact) mass is 295 g/mol. The number of aliphatic hydroxyl groups excluding tert-OH is 1. The molecule has 2 aromatic carbocycles. The highest BCUT2D eigenvalue weighted by Crippen LogP contribution is 2.18. The van der Waals surface area contributed by atoms with Crippen LogP contribution in [0.5, 0.6) is 5.75 Å². The summed E-state index contributed by atoms with van der Waals surface area (Å²) < 4.78 is 5.41. The summed E-state index contributed by atoms with van der Waals surface area (Å²) in [5, 5.41) is 12.7. The van der Waals surface area contributed by atoms with Crippen molar-refractivity contribution in [1.29, 1.82) is 0 Å². The van der Waals surface area contributed by atoms with E-state index in [1.807, 2.05) is 24.3 Å². The van der Waals surface area contributed by atoms with Gasteiger partial charge in [-0.25, -0.2) is 0 Å². The third-order valence-corrected chi connectivity index (χ3v) is 3.10. The van der Waals surface area contributed by atoms with Crippen LogP contribution >= 0.6 is 0 Å². The Labute approximate surface area is 129 Å². The third-order valence-electron chi connectivity index (χ3n) is 3.10. The second-order valence-corrected chi connectivity index (χ2v) is 4.63. The van der Waals surface area contributed by atoms with Crippen molar-refractivity contribution in [1.82, 2.24) is 5.32 Å². The number of benzene rings is 2. The van der Waals surface area contributed by atoms with E-state index < -0.39 is 12.0 Å². The molecule has 0 aromatic heterocycles. The van der Waals surface area contributed by atoms with Crippen LogP contribution in [0.4, 0.5) is 0 Å². The van der Waals surface area contributed by atoms with Crippen LogP contribution in [0.2, 0.25) is 0 Å². The summed E-state index contributed by atoms with van der Waals surface area (Å²) in [5.41, 5.74) is 1.35. The van der Waals surface area contributed by atoms with Crippen LogP contribution < -0.4 is 10.1 Å². The van der Waals surface area contributed by atoms with Crippen LogP contribution in [-0.4, -0.2) is 17.6 Å². The number of amides is 1. The molecule has 0 aliphatic heterocycles. The largest absolute Gasteiger partial charge is 0.481 e. The van der Waals surface area contributed by atoms with Crippen LogP contribution in [0.3, 0.4) is 0 Å². The molecule has 112 valence electrons. The Bertz CT molecular complexity index is 662. The van der Waals surface area contributed by atoms with Crippen molar-refractivity contribution in [3.8, 4) is 18.1 Å². The number of carbonyl (C=O) groups is 1. The van der Waals surface area contributed by atoms with Crippen molar-refractivity contribution >= 4 is 5.91 Å². The lowest BCUT2D eigenvalue weighted by Gasteiger charge is -2.13. The van der Waals surface area contributed by atoms with Gasteiger partial charge in [0.05, 0.1) is 0 Å². The zero-order valence-corrected chi connectivity index (χ0v) is 12.0. The van der Waals surface area contributed by atoms with Crippen LogP contribution in [-0.2, 0) is 11.3 Å². The molecule has 0 saturated heterocycles. The molecule has 4 heteroatoms. The first-order chi connectivity index (χ1) is 10.7. The first-order valence-electron chi connectivity index (χ1n) is 6.87. The molecular weight excluding hydrogens is 278 g/mol. The average Bonchev–Trinajstić information content (AvgIpc) is 2.58. The number of rotatable bonds is 6. The fourth-order valence-electron chi connectivity index (χ4n) is 1.98. The topological polar surface area (TPSA) is 58.6 Å². The fourth-order valence-corrected chi connectivity index (χ4v) is 1.98. The van der Waals surface area contributed by atoms with E-state index in [0.717, 1.165) is 5.56 Å². The normalized spacial score (nSPS) is 11.3. The van der Waals surface area contributed by atoms with Gasteiger partial charge in [0.15, 0.2) is 6.10 Å². The van der Waals surface area contributed by atoms with Crippen LogP contribution in [0, 0.1) is 12.3 Å². The van der Waals surface area contributed by atoms with E-state index in [4.69, 9.17) is 11.2 Å². The first-order valence-corrected chi connectivity index (χ1v) is 6.87. The third kappa shape index (κ3) is 4.11.